The minimum atomic E-state index is 0.727. The van der Waals surface area contributed by atoms with Crippen LogP contribution >= 0.6 is 0 Å². The monoisotopic (exact) mass is 405 g/mol. The van der Waals surface area contributed by atoms with Gasteiger partial charge in [0.1, 0.15) is 11.2 Å². The van der Waals surface area contributed by atoms with Crippen LogP contribution in [0.4, 0.5) is 0 Å². The Labute approximate surface area is 177 Å². The molecule has 4 aromatic heterocycles. The Bertz CT molecular complexity index is 1570. The number of pyridine rings is 1. The van der Waals surface area contributed by atoms with Crippen LogP contribution in [0.2, 0.25) is 0 Å². The van der Waals surface area contributed by atoms with Crippen LogP contribution in [0.25, 0.3) is 50.3 Å². The molecule has 0 aliphatic carbocycles. The molecule has 31 heavy (non-hydrogen) atoms. The molecule has 0 aliphatic rings. The van der Waals surface area contributed by atoms with Crippen molar-refractivity contribution in [2.24, 2.45) is 0 Å². The summed E-state index contributed by atoms with van der Waals surface area (Å²) >= 11 is 0. The molecule has 0 saturated carbocycles. The third kappa shape index (κ3) is 2.82. The number of nitrogens with zero attached hydrogens (tertiary/aromatic N) is 5. The second kappa shape index (κ2) is 6.63. The number of aromatic nitrogens is 7. The van der Waals surface area contributed by atoms with Crippen LogP contribution in [0.15, 0.2) is 67.4 Å². The molecule has 150 valence electrons. The van der Waals surface area contributed by atoms with Gasteiger partial charge < -0.3 is 9.55 Å². The van der Waals surface area contributed by atoms with Gasteiger partial charge in [0.2, 0.25) is 0 Å². The third-order valence-corrected chi connectivity index (χ3v) is 5.62. The molecule has 0 bridgehead atoms. The Morgan fingerprint density at radius 3 is 2.77 bits per heavy atom. The molecule has 6 aromatic rings. The van der Waals surface area contributed by atoms with Crippen LogP contribution in [0, 0.1) is 13.8 Å². The normalized spacial score (nSPS) is 11.5. The lowest BCUT2D eigenvalue weighted by Crippen LogP contribution is -1.91. The number of aromatic amines is 2. The van der Waals surface area contributed by atoms with Crippen LogP contribution in [0.3, 0.4) is 0 Å². The third-order valence-electron chi connectivity index (χ3n) is 5.62. The second-order valence-electron chi connectivity index (χ2n) is 7.70. The summed E-state index contributed by atoms with van der Waals surface area (Å²) < 4.78 is 1.99. The van der Waals surface area contributed by atoms with E-state index in [1.807, 2.05) is 60.7 Å². The lowest BCUT2D eigenvalue weighted by Gasteiger charge is -2.05. The van der Waals surface area contributed by atoms with Gasteiger partial charge in [-0.25, -0.2) is 9.97 Å². The molecule has 0 saturated heterocycles. The highest BCUT2D eigenvalue weighted by molar-refractivity contribution is 5.96. The quantitative estimate of drug-likeness (QED) is 0.435. The largest absolute Gasteiger partial charge is 0.336 e. The van der Waals surface area contributed by atoms with Crippen molar-refractivity contribution in [1.82, 2.24) is 34.7 Å². The Hall–Kier alpha value is -4.26. The molecule has 7 nitrogen and oxygen atoms in total. The van der Waals surface area contributed by atoms with Crippen LogP contribution in [0.5, 0.6) is 0 Å². The van der Waals surface area contributed by atoms with Gasteiger partial charge in [0.05, 0.1) is 28.7 Å². The van der Waals surface area contributed by atoms with E-state index >= 15 is 0 Å². The summed E-state index contributed by atoms with van der Waals surface area (Å²) in [6, 6.07) is 14.4. The first-order chi connectivity index (χ1) is 15.2. The van der Waals surface area contributed by atoms with Gasteiger partial charge in [0.25, 0.3) is 0 Å². The molecule has 0 radical (unpaired) electrons. The molecule has 0 unspecified atom stereocenters. The summed E-state index contributed by atoms with van der Waals surface area (Å²) in [5.74, 6) is 0.727. The maximum Gasteiger partial charge on any atom is 0.159 e. The zero-order chi connectivity index (χ0) is 20.9. The van der Waals surface area contributed by atoms with Crippen molar-refractivity contribution < 1.29 is 0 Å². The van der Waals surface area contributed by atoms with Gasteiger partial charge in [-0.1, -0.05) is 12.1 Å². The SMILES string of the molecule is Cc1cn(-c2cccc3[nH]c(-c4n[nH]c5ccc(-c6cnccc6C)cc45)nc23)cn1. The minimum Gasteiger partial charge on any atom is -0.336 e. The van der Waals surface area contributed by atoms with Crippen molar-refractivity contribution >= 4 is 21.9 Å². The summed E-state index contributed by atoms with van der Waals surface area (Å²) in [6.45, 7) is 4.07. The number of hydrogen-bond donors (Lipinski definition) is 2. The summed E-state index contributed by atoms with van der Waals surface area (Å²) in [7, 11) is 0. The number of rotatable bonds is 3. The predicted molar refractivity (Wildman–Crippen MR) is 121 cm³/mol. The molecule has 0 spiro atoms. The zero-order valence-electron chi connectivity index (χ0n) is 17.1. The molecule has 0 fully saturated rings. The average molecular weight is 405 g/mol. The van der Waals surface area contributed by atoms with Crippen LogP contribution in [-0.2, 0) is 0 Å². The fourth-order valence-corrected chi connectivity index (χ4v) is 4.02. The number of H-pyrrole nitrogens is 2. The van der Waals surface area contributed by atoms with E-state index in [0.717, 1.165) is 56.0 Å². The topological polar surface area (TPSA) is 88.1 Å². The average Bonchev–Trinajstić information content (AvgIpc) is 3.50. The maximum atomic E-state index is 4.91. The van der Waals surface area contributed by atoms with Crippen molar-refractivity contribution in [3.8, 4) is 28.3 Å². The first-order valence-corrected chi connectivity index (χ1v) is 10.1. The van der Waals surface area contributed by atoms with Crippen LogP contribution < -0.4 is 0 Å². The zero-order valence-corrected chi connectivity index (χ0v) is 17.1. The molecule has 0 aliphatic heterocycles. The van der Waals surface area contributed by atoms with Crippen molar-refractivity contribution in [3.05, 3.63) is 78.6 Å². The van der Waals surface area contributed by atoms with Crippen molar-refractivity contribution in [2.75, 3.05) is 0 Å². The number of para-hydroxylation sites is 1. The molecular weight excluding hydrogens is 386 g/mol. The predicted octanol–water partition coefficient (Wildman–Crippen LogP) is 4.97. The Morgan fingerprint density at radius 1 is 1.00 bits per heavy atom. The van der Waals surface area contributed by atoms with E-state index in [9.17, 15) is 0 Å². The van der Waals surface area contributed by atoms with E-state index in [-0.39, 0.29) is 0 Å². The molecular formula is C24H19N7. The van der Waals surface area contributed by atoms with Gasteiger partial charge in [-0.3, -0.25) is 10.1 Å². The van der Waals surface area contributed by atoms with Gasteiger partial charge in [0.15, 0.2) is 5.82 Å². The number of benzene rings is 2. The van der Waals surface area contributed by atoms with Gasteiger partial charge in [-0.2, -0.15) is 5.10 Å². The molecule has 0 atom stereocenters. The fourth-order valence-electron chi connectivity index (χ4n) is 4.02. The number of nitrogens with one attached hydrogen (secondary N) is 2. The van der Waals surface area contributed by atoms with Gasteiger partial charge in [-0.05, 0) is 55.3 Å². The minimum absolute atomic E-state index is 0.727. The second-order valence-corrected chi connectivity index (χ2v) is 7.70. The Morgan fingerprint density at radius 2 is 1.94 bits per heavy atom. The van der Waals surface area contributed by atoms with E-state index in [4.69, 9.17) is 4.98 Å². The lowest BCUT2D eigenvalue weighted by molar-refractivity contribution is 1.06. The summed E-state index contributed by atoms with van der Waals surface area (Å²) in [4.78, 5) is 17.0. The number of hydrogen-bond acceptors (Lipinski definition) is 4. The number of aryl methyl sites for hydroxylation is 2. The molecule has 2 N–H and O–H groups in total. The van der Waals surface area contributed by atoms with Gasteiger partial charge >= 0.3 is 0 Å². The van der Waals surface area contributed by atoms with Crippen LogP contribution in [-0.4, -0.2) is 34.7 Å². The highest BCUT2D eigenvalue weighted by Gasteiger charge is 2.16. The van der Waals surface area contributed by atoms with Crippen molar-refractivity contribution in [1.29, 1.82) is 0 Å². The molecule has 6 rings (SSSR count). The van der Waals surface area contributed by atoms with Crippen LogP contribution in [0.1, 0.15) is 11.3 Å². The standard InChI is InChI=1S/C24H19N7/c1-14-8-9-25-11-18(14)16-6-7-19-17(10-16)22(30-29-19)24-27-20-4-3-5-21(23(20)28-24)31-12-15(2)26-13-31/h3-13H,1-2H3,(H,27,28)(H,29,30). The Kier molecular flexibility index (Phi) is 3.76. The first-order valence-electron chi connectivity index (χ1n) is 10.1. The van der Waals surface area contributed by atoms with E-state index in [2.05, 4.69) is 50.3 Å². The van der Waals surface area contributed by atoms with Gasteiger partial charge in [-0.15, -0.1) is 0 Å². The van der Waals surface area contributed by atoms with E-state index in [1.54, 1.807) is 0 Å². The summed E-state index contributed by atoms with van der Waals surface area (Å²) in [6.07, 6.45) is 7.52. The van der Waals surface area contributed by atoms with E-state index in [0.29, 0.717) is 0 Å². The van der Waals surface area contributed by atoms with E-state index in [1.165, 1.54) is 5.56 Å². The molecule has 7 heteroatoms. The molecule has 2 aromatic carbocycles. The highest BCUT2D eigenvalue weighted by atomic mass is 15.1. The van der Waals surface area contributed by atoms with Gasteiger partial charge in [0, 0.05) is 29.5 Å². The summed E-state index contributed by atoms with van der Waals surface area (Å²) in [5, 5.41) is 8.72. The smallest absolute Gasteiger partial charge is 0.159 e. The maximum absolute atomic E-state index is 4.91. The highest BCUT2D eigenvalue weighted by Crippen LogP contribution is 2.32. The fraction of sp³-hybridized carbons (Fsp3) is 0.0833. The number of imidazole rings is 2. The Balaban J connectivity index is 1.52. The lowest BCUT2D eigenvalue weighted by atomic mass is 10.0. The number of fused-ring (bicyclic) bond motifs is 2. The van der Waals surface area contributed by atoms with Crippen molar-refractivity contribution in [2.45, 2.75) is 13.8 Å². The molecule has 0 amide bonds. The summed E-state index contributed by atoms with van der Waals surface area (Å²) in [5.41, 5.74) is 8.93. The van der Waals surface area contributed by atoms with E-state index < -0.39 is 0 Å². The molecule has 4 heterocycles. The van der Waals surface area contributed by atoms with Crippen molar-refractivity contribution in [3.63, 3.8) is 0 Å². The first kappa shape index (κ1) is 17.6.